The Hall–Kier alpha value is -2.59. The summed E-state index contributed by atoms with van der Waals surface area (Å²) in [5.74, 6) is 0.483. The van der Waals surface area contributed by atoms with E-state index in [1.165, 1.54) is 47.0 Å². The number of likely N-dealkylation sites (tertiary alicyclic amines) is 1. The summed E-state index contributed by atoms with van der Waals surface area (Å²) in [5, 5.41) is 4.66. The molecule has 0 bridgehead atoms. The molecule has 1 saturated carbocycles. The Morgan fingerprint density at radius 2 is 1.64 bits per heavy atom. The van der Waals surface area contributed by atoms with Gasteiger partial charge in [-0.15, -0.1) is 0 Å². The van der Waals surface area contributed by atoms with Crippen molar-refractivity contribution in [1.82, 2.24) is 14.8 Å². The van der Waals surface area contributed by atoms with Crippen molar-refractivity contribution in [2.75, 3.05) is 13.1 Å². The number of para-hydroxylation sites is 1. The van der Waals surface area contributed by atoms with Crippen molar-refractivity contribution in [2.24, 2.45) is 5.92 Å². The third-order valence-electron chi connectivity index (χ3n) is 7.65. The highest BCUT2D eigenvalue weighted by Gasteiger charge is 2.27. The average molecular weight is 444 g/mol. The molecule has 0 radical (unpaired) electrons. The van der Waals surface area contributed by atoms with Crippen LogP contribution >= 0.6 is 0 Å². The number of fused-ring (bicyclic) bond motifs is 1. The first kappa shape index (κ1) is 22.2. The minimum Gasteiger partial charge on any atom is -0.353 e. The van der Waals surface area contributed by atoms with Gasteiger partial charge in [-0.25, -0.2) is 0 Å². The fraction of sp³-hybridized carbons (Fsp3) is 0.483. The van der Waals surface area contributed by atoms with Gasteiger partial charge in [-0.2, -0.15) is 0 Å². The molecule has 1 saturated heterocycles. The lowest BCUT2D eigenvalue weighted by Gasteiger charge is -2.33. The topological polar surface area (TPSA) is 37.3 Å². The average Bonchev–Trinajstić information content (AvgIpc) is 3.18. The smallest absolute Gasteiger partial charge is 0.223 e. The molecule has 2 fully saturated rings. The lowest BCUT2D eigenvalue weighted by atomic mass is 9.92. The molecule has 174 valence electrons. The lowest BCUT2D eigenvalue weighted by Crippen LogP contribution is -2.44. The van der Waals surface area contributed by atoms with E-state index in [1.807, 2.05) is 0 Å². The van der Waals surface area contributed by atoms with Crippen LogP contribution in [0.25, 0.3) is 10.9 Å². The van der Waals surface area contributed by atoms with Crippen LogP contribution in [0.2, 0.25) is 0 Å². The first-order valence-electron chi connectivity index (χ1n) is 12.8. The number of hydrogen-bond acceptors (Lipinski definition) is 2. The maximum atomic E-state index is 12.8. The van der Waals surface area contributed by atoms with Gasteiger partial charge in [-0.3, -0.25) is 9.69 Å². The number of benzene rings is 2. The molecule has 1 N–H and O–H groups in total. The Labute approximate surface area is 198 Å². The second-order valence-electron chi connectivity index (χ2n) is 10.2. The van der Waals surface area contributed by atoms with E-state index < -0.39 is 0 Å². The van der Waals surface area contributed by atoms with Gasteiger partial charge in [0.05, 0.1) is 0 Å². The van der Waals surface area contributed by atoms with Crippen molar-refractivity contribution in [1.29, 1.82) is 0 Å². The Bertz CT molecular complexity index is 1070. The molecule has 1 amide bonds. The molecule has 2 aromatic carbocycles. The van der Waals surface area contributed by atoms with E-state index in [9.17, 15) is 4.79 Å². The van der Waals surface area contributed by atoms with Gasteiger partial charge in [0.1, 0.15) is 0 Å². The minimum absolute atomic E-state index is 0.182. The van der Waals surface area contributed by atoms with E-state index in [2.05, 4.69) is 76.3 Å². The van der Waals surface area contributed by atoms with E-state index in [0.717, 1.165) is 51.9 Å². The van der Waals surface area contributed by atoms with Crippen molar-refractivity contribution < 1.29 is 4.79 Å². The van der Waals surface area contributed by atoms with Crippen LogP contribution in [-0.4, -0.2) is 34.5 Å². The number of carbonyl (C=O) groups is 1. The number of amides is 1. The summed E-state index contributed by atoms with van der Waals surface area (Å²) >= 11 is 0. The molecule has 2 aliphatic rings. The van der Waals surface area contributed by atoms with Crippen LogP contribution < -0.4 is 5.32 Å². The predicted octanol–water partition coefficient (Wildman–Crippen LogP) is 5.66. The maximum Gasteiger partial charge on any atom is 0.223 e. The SMILES string of the molecule is Cc1ccc(Cn2c(CN3CCC(C(=O)NC4CCCCC4)CC3)cc3ccccc32)cc1. The van der Waals surface area contributed by atoms with Gasteiger partial charge < -0.3 is 9.88 Å². The van der Waals surface area contributed by atoms with Gasteiger partial charge in [-0.05, 0) is 68.8 Å². The maximum absolute atomic E-state index is 12.8. The van der Waals surface area contributed by atoms with Crippen molar-refractivity contribution in [3.8, 4) is 0 Å². The van der Waals surface area contributed by atoms with Gasteiger partial charge in [0.2, 0.25) is 5.91 Å². The molecule has 0 spiro atoms. The fourth-order valence-corrected chi connectivity index (χ4v) is 5.61. The molecule has 1 aliphatic carbocycles. The molecular formula is C29H37N3O. The van der Waals surface area contributed by atoms with Gasteiger partial charge in [0.15, 0.2) is 0 Å². The number of nitrogens with one attached hydrogen (secondary N) is 1. The van der Waals surface area contributed by atoms with E-state index in [4.69, 9.17) is 0 Å². The summed E-state index contributed by atoms with van der Waals surface area (Å²) in [7, 11) is 0. The third kappa shape index (κ3) is 5.33. The molecule has 4 heteroatoms. The molecule has 1 aliphatic heterocycles. The number of aromatic nitrogens is 1. The zero-order chi connectivity index (χ0) is 22.6. The van der Waals surface area contributed by atoms with Gasteiger partial charge in [0, 0.05) is 36.3 Å². The second kappa shape index (κ2) is 10.1. The normalized spacial score (nSPS) is 18.6. The summed E-state index contributed by atoms with van der Waals surface area (Å²) < 4.78 is 2.47. The van der Waals surface area contributed by atoms with Crippen molar-refractivity contribution in [3.63, 3.8) is 0 Å². The molecular weight excluding hydrogens is 406 g/mol. The Balaban J connectivity index is 1.24. The highest BCUT2D eigenvalue weighted by atomic mass is 16.1. The monoisotopic (exact) mass is 443 g/mol. The van der Waals surface area contributed by atoms with Crippen LogP contribution in [0.5, 0.6) is 0 Å². The number of piperidine rings is 1. The molecule has 0 unspecified atom stereocenters. The Morgan fingerprint density at radius 1 is 0.909 bits per heavy atom. The highest BCUT2D eigenvalue weighted by molar-refractivity contribution is 5.81. The van der Waals surface area contributed by atoms with Gasteiger partial charge in [0.25, 0.3) is 0 Å². The van der Waals surface area contributed by atoms with E-state index in [0.29, 0.717) is 11.9 Å². The number of rotatable bonds is 6. The van der Waals surface area contributed by atoms with Gasteiger partial charge >= 0.3 is 0 Å². The Kier molecular flexibility index (Phi) is 6.82. The summed E-state index contributed by atoms with van der Waals surface area (Å²) in [6.07, 6.45) is 8.12. The minimum atomic E-state index is 0.182. The molecule has 4 nitrogen and oxygen atoms in total. The van der Waals surface area contributed by atoms with E-state index in [1.54, 1.807) is 0 Å². The van der Waals surface area contributed by atoms with E-state index in [-0.39, 0.29) is 5.92 Å². The molecule has 3 aromatic rings. The highest BCUT2D eigenvalue weighted by Crippen LogP contribution is 2.26. The second-order valence-corrected chi connectivity index (χ2v) is 10.2. The molecule has 33 heavy (non-hydrogen) atoms. The zero-order valence-electron chi connectivity index (χ0n) is 19.9. The lowest BCUT2D eigenvalue weighted by molar-refractivity contribution is -0.127. The number of hydrogen-bond donors (Lipinski definition) is 1. The molecule has 2 heterocycles. The van der Waals surface area contributed by atoms with Gasteiger partial charge in [-0.1, -0.05) is 67.3 Å². The zero-order valence-corrected chi connectivity index (χ0v) is 19.9. The van der Waals surface area contributed by atoms with Crippen LogP contribution in [-0.2, 0) is 17.9 Å². The Morgan fingerprint density at radius 3 is 2.39 bits per heavy atom. The van der Waals surface area contributed by atoms with Crippen molar-refractivity contribution in [2.45, 2.75) is 71.0 Å². The first-order valence-corrected chi connectivity index (χ1v) is 12.8. The predicted molar refractivity (Wildman–Crippen MR) is 135 cm³/mol. The summed E-state index contributed by atoms with van der Waals surface area (Å²) in [5.41, 5.74) is 5.30. The summed E-state index contributed by atoms with van der Waals surface area (Å²) in [4.78, 5) is 15.3. The number of carbonyl (C=O) groups excluding carboxylic acids is 1. The van der Waals surface area contributed by atoms with Crippen LogP contribution in [0, 0.1) is 12.8 Å². The van der Waals surface area contributed by atoms with Crippen molar-refractivity contribution in [3.05, 3.63) is 71.4 Å². The number of aryl methyl sites for hydroxylation is 1. The molecule has 5 rings (SSSR count). The first-order chi connectivity index (χ1) is 16.2. The standard InChI is InChI=1S/C29H37N3O/c1-22-11-13-23(14-12-22)20-32-27(19-25-7-5-6-10-28(25)32)21-31-17-15-24(16-18-31)29(33)30-26-8-3-2-4-9-26/h5-7,10-14,19,24,26H,2-4,8-9,15-18,20-21H2,1H3,(H,30,33). The van der Waals surface area contributed by atoms with E-state index >= 15 is 0 Å². The molecule has 0 atom stereocenters. The van der Waals surface area contributed by atoms with Crippen LogP contribution in [0.15, 0.2) is 54.6 Å². The number of nitrogens with zero attached hydrogens (tertiary/aromatic N) is 2. The van der Waals surface area contributed by atoms with Crippen LogP contribution in [0.4, 0.5) is 0 Å². The van der Waals surface area contributed by atoms with Crippen LogP contribution in [0.3, 0.4) is 0 Å². The van der Waals surface area contributed by atoms with Crippen LogP contribution in [0.1, 0.15) is 61.8 Å². The summed E-state index contributed by atoms with van der Waals surface area (Å²) in [6.45, 7) is 5.96. The summed E-state index contributed by atoms with van der Waals surface area (Å²) in [6, 6.07) is 20.4. The fourth-order valence-electron chi connectivity index (χ4n) is 5.61. The quantitative estimate of drug-likeness (QED) is 0.534. The largest absolute Gasteiger partial charge is 0.353 e. The van der Waals surface area contributed by atoms with Crippen molar-refractivity contribution >= 4 is 16.8 Å². The third-order valence-corrected chi connectivity index (χ3v) is 7.65. The molecule has 1 aromatic heterocycles.